The summed E-state index contributed by atoms with van der Waals surface area (Å²) in [7, 11) is 0. The number of nitrogens with zero attached hydrogens (tertiary/aromatic N) is 4. The molecule has 5 nitrogen and oxygen atoms in total. The number of piperidine rings is 1. The lowest BCUT2D eigenvalue weighted by Gasteiger charge is -2.30. The Bertz CT molecular complexity index is 331. The third-order valence-corrected chi connectivity index (χ3v) is 3.67. The smallest absolute Gasteiger partial charge is 0.108 e. The predicted octanol–water partition coefficient (Wildman–Crippen LogP) is 0.892. The number of aromatic nitrogens is 3. The molecule has 96 valence electrons. The Morgan fingerprint density at radius 2 is 2.18 bits per heavy atom. The van der Waals surface area contributed by atoms with E-state index in [1.807, 2.05) is 10.9 Å². The van der Waals surface area contributed by atoms with Crippen LogP contribution < -0.4 is 0 Å². The highest BCUT2D eigenvalue weighted by Gasteiger charge is 2.17. The first kappa shape index (κ1) is 12.5. The summed E-state index contributed by atoms with van der Waals surface area (Å²) in [5.74, 6) is 0.819. The van der Waals surface area contributed by atoms with E-state index in [4.69, 9.17) is 5.11 Å². The second-order valence-corrected chi connectivity index (χ2v) is 4.80. The Balaban J connectivity index is 1.72. The van der Waals surface area contributed by atoms with Crippen molar-refractivity contribution in [1.29, 1.82) is 0 Å². The minimum Gasteiger partial charge on any atom is -0.390 e. The van der Waals surface area contributed by atoms with Crippen LogP contribution in [0.15, 0.2) is 6.20 Å². The van der Waals surface area contributed by atoms with Gasteiger partial charge in [-0.05, 0) is 44.8 Å². The van der Waals surface area contributed by atoms with Gasteiger partial charge in [-0.2, -0.15) is 0 Å². The minimum absolute atomic E-state index is 0.0190. The first-order valence-electron chi connectivity index (χ1n) is 6.54. The topological polar surface area (TPSA) is 54.2 Å². The maximum Gasteiger partial charge on any atom is 0.108 e. The highest BCUT2D eigenvalue weighted by molar-refractivity contribution is 4.88. The zero-order valence-corrected chi connectivity index (χ0v) is 10.5. The van der Waals surface area contributed by atoms with Crippen molar-refractivity contribution < 1.29 is 5.11 Å². The van der Waals surface area contributed by atoms with Gasteiger partial charge in [0, 0.05) is 6.54 Å². The largest absolute Gasteiger partial charge is 0.390 e. The average molecular weight is 238 g/mol. The molecule has 2 rings (SSSR count). The fourth-order valence-corrected chi connectivity index (χ4v) is 2.43. The van der Waals surface area contributed by atoms with E-state index in [0.717, 1.165) is 12.5 Å². The average Bonchev–Trinajstić information content (AvgIpc) is 2.85. The molecule has 1 saturated heterocycles. The van der Waals surface area contributed by atoms with Gasteiger partial charge in [-0.25, -0.2) is 0 Å². The minimum atomic E-state index is -0.0190. The third-order valence-electron chi connectivity index (χ3n) is 3.67. The van der Waals surface area contributed by atoms with E-state index in [1.54, 1.807) is 0 Å². The van der Waals surface area contributed by atoms with Crippen molar-refractivity contribution in [2.45, 2.75) is 39.3 Å². The molecule has 1 N–H and O–H groups in total. The summed E-state index contributed by atoms with van der Waals surface area (Å²) in [5.41, 5.74) is 0.658. The summed E-state index contributed by atoms with van der Waals surface area (Å²) in [5, 5.41) is 16.8. The van der Waals surface area contributed by atoms with Crippen LogP contribution in [0.3, 0.4) is 0 Å². The van der Waals surface area contributed by atoms with Gasteiger partial charge in [0.15, 0.2) is 0 Å². The highest BCUT2D eigenvalue weighted by Crippen LogP contribution is 2.20. The van der Waals surface area contributed by atoms with E-state index in [2.05, 4.69) is 22.1 Å². The highest BCUT2D eigenvalue weighted by atomic mass is 16.3. The molecule has 0 saturated carbocycles. The van der Waals surface area contributed by atoms with Crippen molar-refractivity contribution in [3.05, 3.63) is 11.9 Å². The number of hydrogen-bond donors (Lipinski definition) is 1. The summed E-state index contributed by atoms with van der Waals surface area (Å²) in [4.78, 5) is 2.51. The zero-order valence-electron chi connectivity index (χ0n) is 10.5. The van der Waals surface area contributed by atoms with E-state index in [9.17, 15) is 0 Å². The number of aliphatic hydroxyl groups is 1. The molecule has 5 heteroatoms. The number of hydrogen-bond acceptors (Lipinski definition) is 4. The van der Waals surface area contributed by atoms with Crippen LogP contribution in [0.1, 0.15) is 31.9 Å². The van der Waals surface area contributed by atoms with E-state index in [1.165, 1.54) is 38.9 Å². The second-order valence-electron chi connectivity index (χ2n) is 4.80. The molecular formula is C12H22N4O. The van der Waals surface area contributed by atoms with Crippen molar-refractivity contribution in [1.82, 2.24) is 19.9 Å². The summed E-state index contributed by atoms with van der Waals surface area (Å²) >= 11 is 0. The van der Waals surface area contributed by atoms with Crippen LogP contribution in [0.2, 0.25) is 0 Å². The standard InChI is InChI=1S/C12H22N4O/c1-2-15-6-3-11(4-7-15)5-8-16-9-12(10-17)13-14-16/h9,11,17H,2-8,10H2,1H3. The van der Waals surface area contributed by atoms with Crippen LogP contribution in [0, 0.1) is 5.92 Å². The lowest BCUT2D eigenvalue weighted by molar-refractivity contribution is 0.182. The molecule has 0 aliphatic carbocycles. The molecule has 17 heavy (non-hydrogen) atoms. The number of aliphatic hydroxyl groups excluding tert-OH is 1. The maximum atomic E-state index is 8.90. The van der Waals surface area contributed by atoms with Gasteiger partial charge >= 0.3 is 0 Å². The molecule has 0 spiro atoms. The van der Waals surface area contributed by atoms with Gasteiger partial charge in [0.2, 0.25) is 0 Å². The van der Waals surface area contributed by atoms with Crippen molar-refractivity contribution in [2.75, 3.05) is 19.6 Å². The van der Waals surface area contributed by atoms with E-state index >= 15 is 0 Å². The quantitative estimate of drug-likeness (QED) is 0.828. The van der Waals surface area contributed by atoms with Gasteiger partial charge < -0.3 is 10.0 Å². The molecule has 1 aliphatic rings. The number of aryl methyl sites for hydroxylation is 1. The predicted molar refractivity (Wildman–Crippen MR) is 65.4 cm³/mol. The maximum absolute atomic E-state index is 8.90. The lowest BCUT2D eigenvalue weighted by Crippen LogP contribution is -2.33. The molecular weight excluding hydrogens is 216 g/mol. The molecule has 0 amide bonds. The molecule has 0 atom stereocenters. The molecule has 0 bridgehead atoms. The molecule has 1 aromatic heterocycles. The molecule has 1 aromatic rings. The first-order valence-corrected chi connectivity index (χ1v) is 6.54. The van der Waals surface area contributed by atoms with Gasteiger partial charge in [-0.3, -0.25) is 4.68 Å². The van der Waals surface area contributed by atoms with Crippen LogP contribution in [0.25, 0.3) is 0 Å². The van der Waals surface area contributed by atoms with E-state index in [0.29, 0.717) is 5.69 Å². The Morgan fingerprint density at radius 1 is 1.41 bits per heavy atom. The molecule has 1 fully saturated rings. The summed E-state index contributed by atoms with van der Waals surface area (Å²) in [6.45, 7) is 6.78. The van der Waals surface area contributed by atoms with Crippen LogP contribution in [-0.4, -0.2) is 44.6 Å². The van der Waals surface area contributed by atoms with Crippen molar-refractivity contribution in [3.8, 4) is 0 Å². The van der Waals surface area contributed by atoms with Crippen LogP contribution >= 0.6 is 0 Å². The van der Waals surface area contributed by atoms with Crippen LogP contribution in [0.4, 0.5) is 0 Å². The van der Waals surface area contributed by atoms with Gasteiger partial charge in [-0.1, -0.05) is 12.1 Å². The van der Waals surface area contributed by atoms with E-state index < -0.39 is 0 Å². The fourth-order valence-electron chi connectivity index (χ4n) is 2.43. The molecule has 0 radical (unpaired) electrons. The molecule has 2 heterocycles. The third kappa shape index (κ3) is 3.51. The van der Waals surface area contributed by atoms with Crippen molar-refractivity contribution in [3.63, 3.8) is 0 Å². The Kier molecular flexibility index (Phi) is 4.50. The zero-order chi connectivity index (χ0) is 12.1. The van der Waals surface area contributed by atoms with Gasteiger partial charge in [-0.15, -0.1) is 5.10 Å². The first-order chi connectivity index (χ1) is 8.31. The normalized spacial score (nSPS) is 18.7. The van der Waals surface area contributed by atoms with Crippen LogP contribution in [-0.2, 0) is 13.2 Å². The van der Waals surface area contributed by atoms with Gasteiger partial charge in [0.1, 0.15) is 5.69 Å². The van der Waals surface area contributed by atoms with E-state index in [-0.39, 0.29) is 6.61 Å². The summed E-state index contributed by atoms with van der Waals surface area (Å²) < 4.78 is 1.84. The summed E-state index contributed by atoms with van der Waals surface area (Å²) in [6.07, 6.45) is 5.61. The SMILES string of the molecule is CCN1CCC(CCn2cc(CO)nn2)CC1. The number of likely N-dealkylation sites (tertiary alicyclic amines) is 1. The molecule has 0 aromatic carbocycles. The van der Waals surface area contributed by atoms with Crippen molar-refractivity contribution in [2.24, 2.45) is 5.92 Å². The Labute approximate surface area is 102 Å². The summed E-state index contributed by atoms with van der Waals surface area (Å²) in [6, 6.07) is 0. The molecule has 1 aliphatic heterocycles. The fraction of sp³-hybridized carbons (Fsp3) is 0.833. The number of rotatable bonds is 5. The Morgan fingerprint density at radius 3 is 2.76 bits per heavy atom. The van der Waals surface area contributed by atoms with Crippen molar-refractivity contribution >= 4 is 0 Å². The van der Waals surface area contributed by atoms with Gasteiger partial charge in [0.25, 0.3) is 0 Å². The van der Waals surface area contributed by atoms with Gasteiger partial charge in [0.05, 0.1) is 12.8 Å². The van der Waals surface area contributed by atoms with Crippen LogP contribution in [0.5, 0.6) is 0 Å². The monoisotopic (exact) mass is 238 g/mol. The molecule has 0 unspecified atom stereocenters. The Hall–Kier alpha value is -0.940. The second kappa shape index (κ2) is 6.12. The lowest BCUT2D eigenvalue weighted by atomic mass is 9.93.